The van der Waals surface area contributed by atoms with Crippen LogP contribution < -0.4 is 5.32 Å². The molecule has 0 bridgehead atoms. The van der Waals surface area contributed by atoms with Crippen LogP contribution in [-0.4, -0.2) is 17.0 Å². The van der Waals surface area contributed by atoms with Gasteiger partial charge in [0.1, 0.15) is 0 Å². The van der Waals surface area contributed by atoms with Gasteiger partial charge in [0, 0.05) is 6.42 Å². The number of amides is 1. The van der Waals surface area contributed by atoms with Crippen molar-refractivity contribution in [2.45, 2.75) is 27.2 Å². The molecule has 0 heterocycles. The molecular formula is C12H17NO3. The van der Waals surface area contributed by atoms with Crippen molar-refractivity contribution in [3.8, 4) is 0 Å². The SMILES string of the molecule is CC.CCC(=O)Nc1ccccc1C(=O)O. The van der Waals surface area contributed by atoms with Crippen LogP contribution >= 0.6 is 0 Å². The molecule has 0 saturated heterocycles. The highest BCUT2D eigenvalue weighted by Gasteiger charge is 2.09. The lowest BCUT2D eigenvalue weighted by molar-refractivity contribution is -0.115. The lowest BCUT2D eigenvalue weighted by Gasteiger charge is -2.06. The molecule has 1 amide bonds. The van der Waals surface area contributed by atoms with Gasteiger partial charge in [-0.25, -0.2) is 4.79 Å². The minimum Gasteiger partial charge on any atom is -0.478 e. The lowest BCUT2D eigenvalue weighted by Crippen LogP contribution is -2.12. The monoisotopic (exact) mass is 223 g/mol. The third kappa shape index (κ3) is 4.13. The number of aromatic carboxylic acids is 1. The van der Waals surface area contributed by atoms with E-state index in [1.165, 1.54) is 6.07 Å². The van der Waals surface area contributed by atoms with Gasteiger partial charge in [0.2, 0.25) is 5.91 Å². The number of rotatable bonds is 3. The summed E-state index contributed by atoms with van der Waals surface area (Å²) in [6.07, 6.45) is 0.327. The van der Waals surface area contributed by atoms with Crippen LogP contribution in [0, 0.1) is 0 Å². The third-order valence-electron chi connectivity index (χ3n) is 1.75. The number of hydrogen-bond donors (Lipinski definition) is 2. The van der Waals surface area contributed by atoms with E-state index in [1.54, 1.807) is 25.1 Å². The minimum atomic E-state index is -1.04. The van der Waals surface area contributed by atoms with E-state index in [1.807, 2.05) is 13.8 Å². The normalized spacial score (nSPS) is 8.69. The zero-order valence-electron chi connectivity index (χ0n) is 9.78. The van der Waals surface area contributed by atoms with Crippen molar-refractivity contribution in [2.75, 3.05) is 5.32 Å². The molecule has 4 heteroatoms. The number of anilines is 1. The summed E-state index contributed by atoms with van der Waals surface area (Å²) < 4.78 is 0. The van der Waals surface area contributed by atoms with Crippen LogP contribution in [0.15, 0.2) is 24.3 Å². The van der Waals surface area contributed by atoms with E-state index in [9.17, 15) is 9.59 Å². The van der Waals surface area contributed by atoms with Crippen LogP contribution in [0.1, 0.15) is 37.6 Å². The molecule has 0 aliphatic heterocycles. The number of carbonyl (C=O) groups excluding carboxylic acids is 1. The Morgan fingerprint density at radius 1 is 1.25 bits per heavy atom. The summed E-state index contributed by atoms with van der Waals surface area (Å²) in [5.74, 6) is -1.24. The van der Waals surface area contributed by atoms with Gasteiger partial charge in [-0.3, -0.25) is 4.79 Å². The predicted octanol–water partition coefficient (Wildman–Crippen LogP) is 2.76. The maximum atomic E-state index is 11.1. The molecule has 0 atom stereocenters. The second-order valence-electron chi connectivity index (χ2n) is 2.75. The fourth-order valence-corrected chi connectivity index (χ4v) is 1.02. The van der Waals surface area contributed by atoms with E-state index in [0.29, 0.717) is 12.1 Å². The van der Waals surface area contributed by atoms with Crippen molar-refractivity contribution in [2.24, 2.45) is 0 Å². The number of para-hydroxylation sites is 1. The van der Waals surface area contributed by atoms with Crippen LogP contribution in [0.3, 0.4) is 0 Å². The Balaban J connectivity index is 0.00000106. The van der Waals surface area contributed by atoms with Gasteiger partial charge in [0.25, 0.3) is 0 Å². The first-order chi connectivity index (χ1) is 7.65. The lowest BCUT2D eigenvalue weighted by atomic mass is 10.2. The van der Waals surface area contributed by atoms with E-state index in [0.717, 1.165) is 0 Å². The Labute approximate surface area is 95.3 Å². The topological polar surface area (TPSA) is 66.4 Å². The molecule has 1 aromatic rings. The summed E-state index contributed by atoms with van der Waals surface area (Å²) in [5, 5.41) is 11.3. The minimum absolute atomic E-state index is 0.106. The van der Waals surface area contributed by atoms with E-state index >= 15 is 0 Å². The smallest absolute Gasteiger partial charge is 0.337 e. The Kier molecular flexibility index (Phi) is 6.59. The molecular weight excluding hydrogens is 206 g/mol. The first-order valence-corrected chi connectivity index (χ1v) is 5.27. The molecule has 88 valence electrons. The van der Waals surface area contributed by atoms with Gasteiger partial charge in [-0.15, -0.1) is 0 Å². The maximum absolute atomic E-state index is 11.1. The predicted molar refractivity (Wildman–Crippen MR) is 63.7 cm³/mol. The van der Waals surface area contributed by atoms with Gasteiger partial charge >= 0.3 is 5.97 Å². The molecule has 4 nitrogen and oxygen atoms in total. The van der Waals surface area contributed by atoms with E-state index < -0.39 is 5.97 Å². The summed E-state index contributed by atoms with van der Waals surface area (Å²) in [4.78, 5) is 21.8. The zero-order chi connectivity index (χ0) is 12.6. The molecule has 0 aromatic heterocycles. The molecule has 1 rings (SSSR count). The number of carboxylic acid groups (broad SMARTS) is 1. The van der Waals surface area contributed by atoms with Crippen molar-refractivity contribution < 1.29 is 14.7 Å². The van der Waals surface area contributed by atoms with E-state index in [4.69, 9.17) is 5.11 Å². The molecule has 0 radical (unpaired) electrons. The maximum Gasteiger partial charge on any atom is 0.337 e. The Morgan fingerprint density at radius 2 is 1.81 bits per heavy atom. The highest BCUT2D eigenvalue weighted by Crippen LogP contribution is 2.14. The number of carboxylic acids is 1. The number of hydrogen-bond acceptors (Lipinski definition) is 2. The average Bonchev–Trinajstić information content (AvgIpc) is 2.32. The summed E-state index contributed by atoms with van der Waals surface area (Å²) in [6, 6.07) is 6.31. The average molecular weight is 223 g/mol. The standard InChI is InChI=1S/C10H11NO3.C2H6/c1-2-9(12)11-8-6-4-3-5-7(8)10(13)14;1-2/h3-6H,2H2,1H3,(H,11,12)(H,13,14);1-2H3. The Hall–Kier alpha value is -1.84. The van der Waals surface area contributed by atoms with Crippen molar-refractivity contribution in [3.05, 3.63) is 29.8 Å². The van der Waals surface area contributed by atoms with Crippen LogP contribution in [-0.2, 0) is 4.79 Å². The quantitative estimate of drug-likeness (QED) is 0.828. The van der Waals surface area contributed by atoms with Crippen molar-refractivity contribution in [3.63, 3.8) is 0 Å². The first kappa shape index (κ1) is 14.2. The van der Waals surface area contributed by atoms with Gasteiger partial charge in [-0.05, 0) is 12.1 Å². The molecule has 16 heavy (non-hydrogen) atoms. The van der Waals surface area contributed by atoms with Crippen LogP contribution in [0.5, 0.6) is 0 Å². The number of benzene rings is 1. The Bertz CT molecular complexity index is 361. The molecule has 0 aliphatic rings. The number of carbonyl (C=O) groups is 2. The number of nitrogens with one attached hydrogen (secondary N) is 1. The van der Waals surface area contributed by atoms with Gasteiger partial charge < -0.3 is 10.4 Å². The van der Waals surface area contributed by atoms with Gasteiger partial charge in [0.05, 0.1) is 11.3 Å². The van der Waals surface area contributed by atoms with Crippen molar-refractivity contribution in [1.82, 2.24) is 0 Å². The Morgan fingerprint density at radius 3 is 2.31 bits per heavy atom. The van der Waals surface area contributed by atoms with Crippen LogP contribution in [0.2, 0.25) is 0 Å². The molecule has 0 saturated carbocycles. The highest BCUT2D eigenvalue weighted by atomic mass is 16.4. The van der Waals surface area contributed by atoms with E-state index in [2.05, 4.69) is 5.32 Å². The fourth-order valence-electron chi connectivity index (χ4n) is 1.02. The highest BCUT2D eigenvalue weighted by molar-refractivity contribution is 6.00. The fraction of sp³-hybridized carbons (Fsp3) is 0.333. The zero-order valence-corrected chi connectivity index (χ0v) is 9.78. The second kappa shape index (κ2) is 7.45. The van der Waals surface area contributed by atoms with Crippen LogP contribution in [0.4, 0.5) is 5.69 Å². The van der Waals surface area contributed by atoms with E-state index in [-0.39, 0.29) is 11.5 Å². The molecule has 1 aromatic carbocycles. The third-order valence-corrected chi connectivity index (χ3v) is 1.75. The summed E-state index contributed by atoms with van der Waals surface area (Å²) in [6.45, 7) is 5.71. The summed E-state index contributed by atoms with van der Waals surface area (Å²) in [5.41, 5.74) is 0.446. The molecule has 0 aliphatic carbocycles. The molecule has 0 spiro atoms. The van der Waals surface area contributed by atoms with Gasteiger partial charge in [-0.2, -0.15) is 0 Å². The molecule has 0 unspecified atom stereocenters. The van der Waals surface area contributed by atoms with Gasteiger partial charge in [0.15, 0.2) is 0 Å². The first-order valence-electron chi connectivity index (χ1n) is 5.27. The van der Waals surface area contributed by atoms with Crippen LogP contribution in [0.25, 0.3) is 0 Å². The largest absolute Gasteiger partial charge is 0.478 e. The van der Waals surface area contributed by atoms with Crippen molar-refractivity contribution >= 4 is 17.6 Å². The van der Waals surface area contributed by atoms with Crippen molar-refractivity contribution in [1.29, 1.82) is 0 Å². The van der Waals surface area contributed by atoms with Gasteiger partial charge in [-0.1, -0.05) is 32.9 Å². The summed E-state index contributed by atoms with van der Waals surface area (Å²) >= 11 is 0. The summed E-state index contributed by atoms with van der Waals surface area (Å²) in [7, 11) is 0. The molecule has 2 N–H and O–H groups in total. The molecule has 0 fully saturated rings. The second-order valence-corrected chi connectivity index (χ2v) is 2.75.